The van der Waals surface area contributed by atoms with Crippen LogP contribution in [0.3, 0.4) is 0 Å². The molecule has 0 spiro atoms. The minimum absolute atomic E-state index is 0.282. The first-order valence-corrected chi connectivity index (χ1v) is 7.18. The highest BCUT2D eigenvalue weighted by atomic mass is 79.9. The van der Waals surface area contributed by atoms with E-state index in [4.69, 9.17) is 4.74 Å². The van der Waals surface area contributed by atoms with Crippen LogP contribution in [0.4, 0.5) is 5.69 Å². The molecule has 1 rings (SSSR count). The summed E-state index contributed by atoms with van der Waals surface area (Å²) in [5.74, 6) is -0.282. The van der Waals surface area contributed by atoms with Gasteiger partial charge < -0.3 is 10.1 Å². The molecule has 18 heavy (non-hydrogen) atoms. The van der Waals surface area contributed by atoms with Gasteiger partial charge in [0.25, 0.3) is 0 Å². The van der Waals surface area contributed by atoms with E-state index < -0.39 is 0 Å². The van der Waals surface area contributed by atoms with Gasteiger partial charge in [-0.1, -0.05) is 19.8 Å². The molecule has 0 saturated heterocycles. The molecule has 0 aromatic heterocycles. The molecule has 100 valence electrons. The van der Waals surface area contributed by atoms with Crippen molar-refractivity contribution in [2.45, 2.75) is 33.1 Å². The van der Waals surface area contributed by atoms with Gasteiger partial charge in [-0.3, -0.25) is 0 Å². The second kappa shape index (κ2) is 8.14. The Labute approximate surface area is 117 Å². The Bertz CT molecular complexity index is 393. The van der Waals surface area contributed by atoms with E-state index in [1.807, 2.05) is 6.07 Å². The summed E-state index contributed by atoms with van der Waals surface area (Å²) < 4.78 is 5.85. The first-order chi connectivity index (χ1) is 8.69. The molecule has 0 aliphatic carbocycles. The summed E-state index contributed by atoms with van der Waals surface area (Å²) in [4.78, 5) is 11.5. The van der Waals surface area contributed by atoms with Gasteiger partial charge in [-0.15, -0.1) is 0 Å². The van der Waals surface area contributed by atoms with Crippen LogP contribution in [0.25, 0.3) is 0 Å². The summed E-state index contributed by atoms with van der Waals surface area (Å²) in [6, 6.07) is 5.48. The van der Waals surface area contributed by atoms with E-state index in [1.54, 1.807) is 19.1 Å². The maximum atomic E-state index is 11.5. The maximum absolute atomic E-state index is 11.5. The van der Waals surface area contributed by atoms with Crippen molar-refractivity contribution in [1.29, 1.82) is 0 Å². The molecule has 0 aliphatic heterocycles. The third-order valence-electron chi connectivity index (χ3n) is 2.58. The lowest BCUT2D eigenvalue weighted by molar-refractivity contribution is 0.0526. The molecule has 3 nitrogen and oxygen atoms in total. The van der Waals surface area contributed by atoms with Gasteiger partial charge in [0.05, 0.1) is 12.2 Å². The van der Waals surface area contributed by atoms with Gasteiger partial charge in [-0.05, 0) is 47.5 Å². The van der Waals surface area contributed by atoms with Crippen molar-refractivity contribution >= 4 is 27.6 Å². The van der Waals surface area contributed by atoms with Gasteiger partial charge in [-0.2, -0.15) is 0 Å². The molecule has 0 bridgehead atoms. The Balaban J connectivity index is 2.59. The Morgan fingerprint density at radius 1 is 1.33 bits per heavy atom. The number of carbonyl (C=O) groups is 1. The zero-order chi connectivity index (χ0) is 13.4. The van der Waals surface area contributed by atoms with Crippen LogP contribution >= 0.6 is 15.9 Å². The number of halogens is 1. The van der Waals surface area contributed by atoms with Crippen molar-refractivity contribution in [3.63, 3.8) is 0 Å². The Morgan fingerprint density at radius 2 is 2.11 bits per heavy atom. The molecular formula is C14H20BrNO2. The largest absolute Gasteiger partial charge is 0.462 e. The van der Waals surface area contributed by atoms with Crippen LogP contribution in [0.5, 0.6) is 0 Å². The number of ether oxygens (including phenoxy) is 1. The third kappa shape index (κ3) is 4.69. The molecule has 0 saturated carbocycles. The van der Waals surface area contributed by atoms with Crippen molar-refractivity contribution in [2.75, 3.05) is 18.5 Å². The Kier molecular flexibility index (Phi) is 6.80. The van der Waals surface area contributed by atoms with Crippen LogP contribution in [0.2, 0.25) is 0 Å². The summed E-state index contributed by atoms with van der Waals surface area (Å²) in [5.41, 5.74) is 1.59. The minimum atomic E-state index is -0.282. The summed E-state index contributed by atoms with van der Waals surface area (Å²) in [6.07, 6.45) is 3.60. The fourth-order valence-corrected chi connectivity index (χ4v) is 2.12. The number of nitrogens with one attached hydrogen (secondary N) is 1. The van der Waals surface area contributed by atoms with E-state index in [0.717, 1.165) is 23.1 Å². The van der Waals surface area contributed by atoms with E-state index in [2.05, 4.69) is 28.2 Å². The lowest BCUT2D eigenvalue weighted by Gasteiger charge is -2.09. The van der Waals surface area contributed by atoms with Crippen molar-refractivity contribution in [1.82, 2.24) is 0 Å². The van der Waals surface area contributed by atoms with Crippen molar-refractivity contribution in [3.05, 3.63) is 28.2 Å². The number of hydrogen-bond acceptors (Lipinski definition) is 3. The lowest BCUT2D eigenvalue weighted by Crippen LogP contribution is -2.06. The quantitative estimate of drug-likeness (QED) is 0.605. The average Bonchev–Trinajstić information content (AvgIpc) is 2.36. The van der Waals surface area contributed by atoms with Gasteiger partial charge >= 0.3 is 5.97 Å². The van der Waals surface area contributed by atoms with Gasteiger partial charge in [0, 0.05) is 16.7 Å². The maximum Gasteiger partial charge on any atom is 0.338 e. The van der Waals surface area contributed by atoms with Gasteiger partial charge in [0.1, 0.15) is 0 Å². The molecule has 1 aromatic carbocycles. The zero-order valence-electron chi connectivity index (χ0n) is 11.0. The van der Waals surface area contributed by atoms with Crippen LogP contribution in [0.1, 0.15) is 43.5 Å². The number of rotatable bonds is 7. The van der Waals surface area contributed by atoms with Crippen molar-refractivity contribution < 1.29 is 9.53 Å². The molecule has 0 fully saturated rings. The number of anilines is 1. The number of hydrogen-bond donors (Lipinski definition) is 1. The van der Waals surface area contributed by atoms with E-state index >= 15 is 0 Å². The molecule has 1 aromatic rings. The standard InChI is InChI=1S/C14H20BrNO2/c1-3-5-6-9-16-13-8-7-11(10-12(13)15)14(17)18-4-2/h7-8,10,16H,3-6,9H2,1-2H3. The first-order valence-electron chi connectivity index (χ1n) is 6.39. The molecule has 0 unspecified atom stereocenters. The van der Waals surface area contributed by atoms with E-state index in [0.29, 0.717) is 12.2 Å². The van der Waals surface area contributed by atoms with Crippen molar-refractivity contribution in [2.24, 2.45) is 0 Å². The summed E-state index contributed by atoms with van der Waals surface area (Å²) in [7, 11) is 0. The van der Waals surface area contributed by atoms with Gasteiger partial charge in [0.15, 0.2) is 0 Å². The predicted octanol–water partition coefficient (Wildman–Crippen LogP) is 4.23. The van der Waals surface area contributed by atoms with E-state index in [9.17, 15) is 4.79 Å². The molecule has 4 heteroatoms. The average molecular weight is 314 g/mol. The second-order valence-corrected chi connectivity index (χ2v) is 4.90. The first kappa shape index (κ1) is 15.0. The van der Waals surface area contributed by atoms with Crippen LogP contribution in [0.15, 0.2) is 22.7 Å². The van der Waals surface area contributed by atoms with Gasteiger partial charge in [-0.25, -0.2) is 4.79 Å². The molecule has 0 aliphatic rings. The molecule has 0 radical (unpaired) electrons. The molecule has 0 atom stereocenters. The van der Waals surface area contributed by atoms with Crippen LogP contribution in [-0.4, -0.2) is 19.1 Å². The molecule has 1 N–H and O–H groups in total. The summed E-state index contributed by atoms with van der Waals surface area (Å²) in [5, 5.41) is 3.35. The van der Waals surface area contributed by atoms with Crippen molar-refractivity contribution in [3.8, 4) is 0 Å². The van der Waals surface area contributed by atoms with Crippen LogP contribution < -0.4 is 5.32 Å². The van der Waals surface area contributed by atoms with Crippen LogP contribution in [-0.2, 0) is 4.74 Å². The molecular weight excluding hydrogens is 294 g/mol. The fourth-order valence-electron chi connectivity index (χ4n) is 1.60. The fraction of sp³-hybridized carbons (Fsp3) is 0.500. The smallest absolute Gasteiger partial charge is 0.338 e. The predicted molar refractivity (Wildman–Crippen MR) is 78.1 cm³/mol. The second-order valence-electron chi connectivity index (χ2n) is 4.05. The SMILES string of the molecule is CCCCCNc1ccc(C(=O)OCC)cc1Br. The number of esters is 1. The highest BCUT2D eigenvalue weighted by Crippen LogP contribution is 2.24. The van der Waals surface area contributed by atoms with Crippen LogP contribution in [0, 0.1) is 0 Å². The molecule has 0 heterocycles. The highest BCUT2D eigenvalue weighted by molar-refractivity contribution is 9.10. The van der Waals surface area contributed by atoms with E-state index in [1.165, 1.54) is 12.8 Å². The minimum Gasteiger partial charge on any atom is -0.462 e. The normalized spacial score (nSPS) is 10.2. The number of benzene rings is 1. The summed E-state index contributed by atoms with van der Waals surface area (Å²) >= 11 is 3.47. The number of carbonyl (C=O) groups excluding carboxylic acids is 1. The number of unbranched alkanes of at least 4 members (excludes halogenated alkanes) is 2. The Morgan fingerprint density at radius 3 is 2.72 bits per heavy atom. The topological polar surface area (TPSA) is 38.3 Å². The highest BCUT2D eigenvalue weighted by Gasteiger charge is 2.08. The zero-order valence-corrected chi connectivity index (χ0v) is 12.5. The third-order valence-corrected chi connectivity index (χ3v) is 3.23. The Hall–Kier alpha value is -1.03. The monoisotopic (exact) mass is 313 g/mol. The molecule has 0 amide bonds. The van der Waals surface area contributed by atoms with Gasteiger partial charge in [0.2, 0.25) is 0 Å². The van der Waals surface area contributed by atoms with E-state index in [-0.39, 0.29) is 5.97 Å². The lowest BCUT2D eigenvalue weighted by atomic mass is 10.2. The summed E-state index contributed by atoms with van der Waals surface area (Å²) in [6.45, 7) is 5.33.